The van der Waals surface area contributed by atoms with Crippen LogP contribution >= 0.6 is 0 Å². The normalized spacial score (nSPS) is 14.5. The van der Waals surface area contributed by atoms with Crippen molar-refractivity contribution in [1.29, 1.82) is 0 Å². The predicted molar refractivity (Wildman–Crippen MR) is 114 cm³/mol. The van der Waals surface area contributed by atoms with E-state index >= 15 is 0 Å². The summed E-state index contributed by atoms with van der Waals surface area (Å²) in [7, 11) is 0. The predicted octanol–water partition coefficient (Wildman–Crippen LogP) is 4.83. The van der Waals surface area contributed by atoms with E-state index in [-0.39, 0.29) is 17.9 Å². The molecular formula is C24H26N2O3. The second-order valence-corrected chi connectivity index (χ2v) is 7.78. The van der Waals surface area contributed by atoms with Gasteiger partial charge >= 0.3 is 0 Å². The number of carbonyl (C=O) groups excluding carboxylic acids is 1. The standard InChI is InChI=1S/C24H26N2O3/c1-15(2)23(17-9-10-21-22(14-17)29-12-6-11-28-21)26-24(27)19-13-16(3)25-20-8-5-4-7-18(19)20/h4-5,7-10,13-15,23H,6,11-12H2,1-3H3,(H,26,27)/t23-/m0/s1. The molecule has 2 aromatic carbocycles. The summed E-state index contributed by atoms with van der Waals surface area (Å²) in [5.74, 6) is 1.61. The molecule has 5 heteroatoms. The molecule has 150 valence electrons. The van der Waals surface area contributed by atoms with Crippen molar-refractivity contribution in [2.24, 2.45) is 5.92 Å². The summed E-state index contributed by atoms with van der Waals surface area (Å²) < 4.78 is 11.6. The molecule has 0 aliphatic carbocycles. The molecule has 1 N–H and O–H groups in total. The van der Waals surface area contributed by atoms with Gasteiger partial charge in [0.25, 0.3) is 5.91 Å². The first-order chi connectivity index (χ1) is 14.0. The molecule has 1 aliphatic heterocycles. The van der Waals surface area contributed by atoms with E-state index in [1.165, 1.54) is 0 Å². The summed E-state index contributed by atoms with van der Waals surface area (Å²) in [5, 5.41) is 4.09. The molecule has 0 bridgehead atoms. The minimum absolute atomic E-state index is 0.0995. The third kappa shape index (κ3) is 4.04. The van der Waals surface area contributed by atoms with Crippen molar-refractivity contribution in [2.45, 2.75) is 33.2 Å². The van der Waals surface area contributed by atoms with E-state index in [1.807, 2.05) is 55.5 Å². The second kappa shape index (κ2) is 8.11. The van der Waals surface area contributed by atoms with E-state index in [0.29, 0.717) is 18.8 Å². The molecule has 0 fully saturated rings. The number of fused-ring (bicyclic) bond motifs is 2. The van der Waals surface area contributed by atoms with Crippen molar-refractivity contribution < 1.29 is 14.3 Å². The van der Waals surface area contributed by atoms with Crippen LogP contribution in [0, 0.1) is 12.8 Å². The summed E-state index contributed by atoms with van der Waals surface area (Å²) >= 11 is 0. The third-order valence-corrected chi connectivity index (χ3v) is 5.17. The Hall–Kier alpha value is -3.08. The molecule has 2 heterocycles. The summed E-state index contributed by atoms with van der Waals surface area (Å²) in [6.45, 7) is 7.41. The molecular weight excluding hydrogens is 364 g/mol. The molecule has 4 rings (SSSR count). The SMILES string of the molecule is Cc1cc(C(=O)N[C@H](c2ccc3c(c2)OCCCO3)C(C)C)c2ccccc2n1. The fourth-order valence-corrected chi connectivity index (χ4v) is 3.72. The van der Waals surface area contributed by atoms with Crippen molar-refractivity contribution in [2.75, 3.05) is 13.2 Å². The van der Waals surface area contributed by atoms with Crippen molar-refractivity contribution in [3.8, 4) is 11.5 Å². The van der Waals surface area contributed by atoms with Crippen LogP contribution in [0.4, 0.5) is 0 Å². The molecule has 0 saturated heterocycles. The minimum atomic E-state index is -0.146. The average Bonchev–Trinajstić information content (AvgIpc) is 2.95. The molecule has 3 aromatic rings. The molecule has 29 heavy (non-hydrogen) atoms. The smallest absolute Gasteiger partial charge is 0.252 e. The number of carbonyl (C=O) groups is 1. The lowest BCUT2D eigenvalue weighted by Crippen LogP contribution is -2.32. The summed E-state index contributed by atoms with van der Waals surface area (Å²) in [5.41, 5.74) is 3.31. The quantitative estimate of drug-likeness (QED) is 0.693. The number of nitrogens with zero attached hydrogens (tertiary/aromatic N) is 1. The van der Waals surface area contributed by atoms with Gasteiger partial charge in [-0.1, -0.05) is 38.1 Å². The van der Waals surface area contributed by atoms with Crippen LogP contribution in [-0.4, -0.2) is 24.1 Å². The van der Waals surface area contributed by atoms with E-state index in [2.05, 4.69) is 24.1 Å². The lowest BCUT2D eigenvalue weighted by Gasteiger charge is -2.24. The molecule has 1 amide bonds. The van der Waals surface area contributed by atoms with Gasteiger partial charge in [0.1, 0.15) is 0 Å². The van der Waals surface area contributed by atoms with Gasteiger partial charge in [-0.05, 0) is 42.7 Å². The van der Waals surface area contributed by atoms with Gasteiger partial charge in [-0.3, -0.25) is 9.78 Å². The molecule has 5 nitrogen and oxygen atoms in total. The molecule has 0 saturated carbocycles. The Morgan fingerprint density at radius 2 is 1.79 bits per heavy atom. The second-order valence-electron chi connectivity index (χ2n) is 7.78. The van der Waals surface area contributed by atoms with Crippen LogP contribution < -0.4 is 14.8 Å². The molecule has 1 aliphatic rings. The zero-order chi connectivity index (χ0) is 20.4. The minimum Gasteiger partial charge on any atom is -0.490 e. The number of hydrogen-bond donors (Lipinski definition) is 1. The molecule has 0 spiro atoms. The van der Waals surface area contributed by atoms with Crippen molar-refractivity contribution in [3.05, 3.63) is 65.4 Å². The first-order valence-electron chi connectivity index (χ1n) is 10.1. The zero-order valence-corrected chi connectivity index (χ0v) is 17.1. The highest BCUT2D eigenvalue weighted by Crippen LogP contribution is 2.34. The van der Waals surface area contributed by atoms with Crippen molar-refractivity contribution >= 4 is 16.8 Å². The molecule has 1 atom stereocenters. The number of hydrogen-bond acceptors (Lipinski definition) is 4. The lowest BCUT2D eigenvalue weighted by molar-refractivity contribution is 0.0927. The van der Waals surface area contributed by atoms with Gasteiger partial charge in [-0.15, -0.1) is 0 Å². The number of amides is 1. The number of pyridine rings is 1. The van der Waals surface area contributed by atoms with Crippen LogP contribution in [-0.2, 0) is 0 Å². The Bertz CT molecular complexity index is 1050. The van der Waals surface area contributed by atoms with Gasteiger partial charge in [-0.25, -0.2) is 0 Å². The highest BCUT2D eigenvalue weighted by Gasteiger charge is 2.23. The number of benzene rings is 2. The van der Waals surface area contributed by atoms with Crippen LogP contribution in [0.3, 0.4) is 0 Å². The number of aromatic nitrogens is 1. The van der Waals surface area contributed by atoms with Gasteiger partial charge in [0.05, 0.1) is 30.3 Å². The van der Waals surface area contributed by atoms with Crippen LogP contribution in [0.1, 0.15) is 47.9 Å². The van der Waals surface area contributed by atoms with Gasteiger partial charge < -0.3 is 14.8 Å². The summed E-state index contributed by atoms with van der Waals surface area (Å²) in [6, 6.07) is 15.4. The fraction of sp³-hybridized carbons (Fsp3) is 0.333. The number of aryl methyl sites for hydroxylation is 1. The van der Waals surface area contributed by atoms with E-state index < -0.39 is 0 Å². The third-order valence-electron chi connectivity index (χ3n) is 5.17. The zero-order valence-electron chi connectivity index (χ0n) is 17.1. The first-order valence-corrected chi connectivity index (χ1v) is 10.1. The van der Waals surface area contributed by atoms with E-state index in [1.54, 1.807) is 0 Å². The average molecular weight is 390 g/mol. The van der Waals surface area contributed by atoms with Gasteiger partial charge in [-0.2, -0.15) is 0 Å². The molecule has 0 radical (unpaired) electrons. The number of nitrogens with one attached hydrogen (secondary N) is 1. The Morgan fingerprint density at radius 1 is 1.03 bits per heavy atom. The Balaban J connectivity index is 1.66. The maximum absolute atomic E-state index is 13.2. The molecule has 1 aromatic heterocycles. The number of para-hydroxylation sites is 1. The maximum atomic E-state index is 13.2. The number of rotatable bonds is 4. The van der Waals surface area contributed by atoms with Crippen molar-refractivity contribution in [1.82, 2.24) is 10.3 Å². The van der Waals surface area contributed by atoms with Crippen molar-refractivity contribution in [3.63, 3.8) is 0 Å². The van der Waals surface area contributed by atoms with Gasteiger partial charge in [0.15, 0.2) is 11.5 Å². The lowest BCUT2D eigenvalue weighted by atomic mass is 9.95. The Morgan fingerprint density at radius 3 is 2.59 bits per heavy atom. The van der Waals surface area contributed by atoms with Crippen LogP contribution in [0.5, 0.6) is 11.5 Å². The highest BCUT2D eigenvalue weighted by atomic mass is 16.5. The van der Waals surface area contributed by atoms with Gasteiger partial charge in [0.2, 0.25) is 0 Å². The molecule has 0 unspecified atom stereocenters. The fourth-order valence-electron chi connectivity index (χ4n) is 3.72. The van der Waals surface area contributed by atoms with Crippen LogP contribution in [0.15, 0.2) is 48.5 Å². The Kier molecular flexibility index (Phi) is 5.38. The van der Waals surface area contributed by atoms with E-state index in [0.717, 1.165) is 40.1 Å². The van der Waals surface area contributed by atoms with Gasteiger partial charge in [0, 0.05) is 17.5 Å². The highest BCUT2D eigenvalue weighted by molar-refractivity contribution is 6.06. The van der Waals surface area contributed by atoms with Crippen LogP contribution in [0.25, 0.3) is 10.9 Å². The summed E-state index contributed by atoms with van der Waals surface area (Å²) in [4.78, 5) is 17.8. The summed E-state index contributed by atoms with van der Waals surface area (Å²) in [6.07, 6.45) is 0.864. The van der Waals surface area contributed by atoms with E-state index in [4.69, 9.17) is 9.47 Å². The monoisotopic (exact) mass is 390 g/mol. The maximum Gasteiger partial charge on any atom is 0.252 e. The first kappa shape index (κ1) is 19.2. The van der Waals surface area contributed by atoms with E-state index in [9.17, 15) is 4.79 Å². The number of ether oxygens (including phenoxy) is 2. The Labute approximate surface area is 171 Å². The topological polar surface area (TPSA) is 60.5 Å². The largest absolute Gasteiger partial charge is 0.490 e. The van der Waals surface area contributed by atoms with Crippen LogP contribution in [0.2, 0.25) is 0 Å².